The number of nitrogens with zero attached hydrogens (tertiary/aromatic N) is 2. The minimum absolute atomic E-state index is 0.00209. The number of aromatic nitrogens is 1. The van der Waals surface area contributed by atoms with Gasteiger partial charge in [0, 0.05) is 42.3 Å². The molecule has 1 saturated carbocycles. The van der Waals surface area contributed by atoms with Crippen molar-refractivity contribution in [2.45, 2.75) is 108 Å². The van der Waals surface area contributed by atoms with Crippen LogP contribution < -0.4 is 25.8 Å². The molecule has 2 amide bonds. The van der Waals surface area contributed by atoms with Crippen molar-refractivity contribution >= 4 is 22.9 Å². The van der Waals surface area contributed by atoms with Gasteiger partial charge in [-0.05, 0) is 49.3 Å². The molecule has 1 saturated heterocycles. The smallest absolute Gasteiger partial charge is 0.437 e. The number of nitrogens with two attached hydrogens (primary N) is 1. The second kappa shape index (κ2) is 16.4. The summed E-state index contributed by atoms with van der Waals surface area (Å²) in [6.45, 7) is 6.35. The Morgan fingerprint density at radius 3 is 2.64 bits per heavy atom. The summed E-state index contributed by atoms with van der Waals surface area (Å²) in [4.78, 5) is 31.0. The molecule has 6 rings (SSSR count). The number of primary amides is 1. The van der Waals surface area contributed by atoms with Crippen LogP contribution >= 0.6 is 0 Å². The molecule has 1 spiro atoms. The average molecular weight is 780 g/mol. The number of benzene rings is 1. The largest absolute Gasteiger partial charge is 0.497 e. The van der Waals surface area contributed by atoms with Gasteiger partial charge in [-0.3, -0.25) is 15.0 Å². The monoisotopic (exact) mass is 779 g/mol. The Hall–Kier alpha value is -3.73. The fourth-order valence-electron chi connectivity index (χ4n) is 7.89. The highest BCUT2D eigenvalue weighted by atomic mass is 19.4. The molecule has 2 fully saturated rings. The van der Waals surface area contributed by atoms with Crippen molar-refractivity contribution < 1.29 is 50.8 Å². The van der Waals surface area contributed by atoms with Gasteiger partial charge in [0.25, 0.3) is 0 Å². The van der Waals surface area contributed by atoms with Crippen LogP contribution in [0.3, 0.4) is 0 Å². The molecule has 4 heterocycles. The Bertz CT molecular complexity index is 1740. The molecule has 4 N–H and O–H groups in total. The zero-order valence-corrected chi connectivity index (χ0v) is 31.9. The Morgan fingerprint density at radius 1 is 1.11 bits per heavy atom. The van der Waals surface area contributed by atoms with E-state index in [1.807, 2.05) is 31.7 Å². The van der Waals surface area contributed by atoms with E-state index in [0.29, 0.717) is 18.6 Å². The maximum atomic E-state index is 16.5. The van der Waals surface area contributed by atoms with E-state index in [1.165, 1.54) is 25.3 Å². The molecule has 304 valence electrons. The molecule has 1 aromatic heterocycles. The molecule has 1 aromatic carbocycles. The van der Waals surface area contributed by atoms with E-state index in [4.69, 9.17) is 29.4 Å². The fraction of sp³-hybridized carbons (Fsp3) is 0.667. The molecule has 12 nitrogen and oxygen atoms in total. The van der Waals surface area contributed by atoms with E-state index in [2.05, 4.69) is 21.7 Å². The van der Waals surface area contributed by atoms with E-state index < -0.39 is 53.0 Å². The number of methoxy groups -OCH3 is 1. The minimum Gasteiger partial charge on any atom is -0.497 e. The van der Waals surface area contributed by atoms with Crippen molar-refractivity contribution in [3.8, 4) is 11.5 Å². The summed E-state index contributed by atoms with van der Waals surface area (Å²) in [5.74, 6) is -0.842. The summed E-state index contributed by atoms with van der Waals surface area (Å²) in [5.41, 5.74) is 1.75. The zero-order chi connectivity index (χ0) is 39.6. The Kier molecular flexibility index (Phi) is 12.2. The lowest BCUT2D eigenvalue weighted by Crippen LogP contribution is -2.47. The standard InChI is InChI=1S/C39H53F4N5O7/c1-36(2,3)21-54-35(50)46-25-11-9-7-5-6-8-10-24-15-38(24,34(44)49)45-22-52-19-26-16-37(20-48(26)23-53-18-25)17-29(40)31-28-14-27(51-4)12-13-30(28)47-33(32(31)55-37)39(41,42)43/h8,10,12-14,24-26,29,45H,5-7,9,11,15-23H2,1-4H3,(H2,44,49)(H,46,50)/b10-8-/t24-,25+,26+,29-,37+,38-/m1/s1. The van der Waals surface area contributed by atoms with Crippen LogP contribution in [0.2, 0.25) is 0 Å². The normalized spacial score (nSPS) is 30.4. The van der Waals surface area contributed by atoms with E-state index in [9.17, 15) is 22.8 Å². The number of pyridine rings is 1. The number of hydrogen-bond donors (Lipinski definition) is 3. The molecular formula is C39H53F4N5O7. The van der Waals surface area contributed by atoms with Crippen molar-refractivity contribution in [2.24, 2.45) is 17.1 Å². The highest BCUT2D eigenvalue weighted by Gasteiger charge is 2.58. The topological polar surface area (TPSA) is 146 Å². The van der Waals surface area contributed by atoms with Gasteiger partial charge in [0.2, 0.25) is 5.91 Å². The first kappa shape index (κ1) is 40.9. The highest BCUT2D eigenvalue weighted by molar-refractivity contribution is 5.89. The number of allylic oxidation sites excluding steroid dienone is 1. The van der Waals surface area contributed by atoms with Gasteiger partial charge >= 0.3 is 12.3 Å². The van der Waals surface area contributed by atoms with Gasteiger partial charge in [-0.2, -0.15) is 13.2 Å². The van der Waals surface area contributed by atoms with Gasteiger partial charge in [-0.1, -0.05) is 45.8 Å². The Balaban J connectivity index is 1.25. The van der Waals surface area contributed by atoms with Crippen molar-refractivity contribution in [3.63, 3.8) is 0 Å². The lowest BCUT2D eigenvalue weighted by Gasteiger charge is -2.38. The van der Waals surface area contributed by atoms with Crippen LogP contribution in [0.1, 0.15) is 89.6 Å². The summed E-state index contributed by atoms with van der Waals surface area (Å²) in [5, 5.41) is 6.28. The van der Waals surface area contributed by atoms with Crippen molar-refractivity contribution in [1.29, 1.82) is 0 Å². The van der Waals surface area contributed by atoms with E-state index in [0.717, 1.165) is 25.7 Å². The van der Waals surface area contributed by atoms with Crippen LogP contribution in [0.4, 0.5) is 22.4 Å². The number of fused-ring (bicyclic) bond motifs is 5. The first-order chi connectivity index (χ1) is 26.0. The number of alkyl halides is 4. The molecule has 2 aromatic rings. The third-order valence-electron chi connectivity index (χ3n) is 10.8. The molecule has 16 heteroatoms. The second-order valence-corrected chi connectivity index (χ2v) is 16.5. The molecule has 0 bridgehead atoms. The molecule has 6 atom stereocenters. The number of amides is 2. The molecule has 1 aliphatic carbocycles. The summed E-state index contributed by atoms with van der Waals surface area (Å²) in [7, 11) is 1.42. The van der Waals surface area contributed by atoms with Gasteiger partial charge in [0.15, 0.2) is 11.4 Å². The number of nitrogens with one attached hydrogen (secondary N) is 2. The van der Waals surface area contributed by atoms with Gasteiger partial charge in [-0.25, -0.2) is 14.2 Å². The van der Waals surface area contributed by atoms with Gasteiger partial charge in [-0.15, -0.1) is 0 Å². The first-order valence-electron chi connectivity index (χ1n) is 19.0. The lowest BCUT2D eigenvalue weighted by atomic mass is 9.86. The number of ether oxygens (including phenoxy) is 5. The highest BCUT2D eigenvalue weighted by Crippen LogP contribution is 2.53. The number of halogens is 4. The van der Waals surface area contributed by atoms with Crippen LogP contribution in [-0.4, -0.2) is 92.0 Å². The minimum atomic E-state index is -4.92. The third-order valence-corrected chi connectivity index (χ3v) is 10.8. The second-order valence-electron chi connectivity index (χ2n) is 16.5. The van der Waals surface area contributed by atoms with Crippen LogP contribution in [0.5, 0.6) is 11.5 Å². The summed E-state index contributed by atoms with van der Waals surface area (Å²) in [6.07, 6.45) is 1.30. The molecule has 0 unspecified atom stereocenters. The summed E-state index contributed by atoms with van der Waals surface area (Å²) < 4.78 is 89.5. The van der Waals surface area contributed by atoms with Gasteiger partial charge in [0.05, 0.1) is 52.0 Å². The first-order valence-corrected chi connectivity index (χ1v) is 19.0. The zero-order valence-electron chi connectivity index (χ0n) is 31.9. The van der Waals surface area contributed by atoms with E-state index in [1.54, 1.807) is 0 Å². The Labute approximate surface area is 318 Å². The maximum Gasteiger partial charge on any atom is 0.437 e. The lowest BCUT2D eigenvalue weighted by molar-refractivity contribution is -0.144. The summed E-state index contributed by atoms with van der Waals surface area (Å²) in [6, 6.07) is 3.48. The number of carbonyl (C=O) groups excluding carboxylic acids is 2. The molecule has 55 heavy (non-hydrogen) atoms. The van der Waals surface area contributed by atoms with E-state index in [-0.39, 0.29) is 86.5 Å². The maximum absolute atomic E-state index is 16.5. The predicted molar refractivity (Wildman–Crippen MR) is 195 cm³/mol. The molecule has 4 aliphatic rings. The summed E-state index contributed by atoms with van der Waals surface area (Å²) >= 11 is 0. The van der Waals surface area contributed by atoms with Gasteiger partial charge < -0.3 is 34.7 Å². The van der Waals surface area contributed by atoms with Crippen LogP contribution in [-0.2, 0) is 25.2 Å². The predicted octanol–water partition coefficient (Wildman–Crippen LogP) is 6.31. The quantitative estimate of drug-likeness (QED) is 0.238. The number of alkyl carbamates (subject to hydrolysis) is 1. The number of carbonyl (C=O) groups is 2. The Morgan fingerprint density at radius 2 is 1.91 bits per heavy atom. The molecule has 0 radical (unpaired) electrons. The van der Waals surface area contributed by atoms with Crippen LogP contribution in [0.25, 0.3) is 10.9 Å². The fourth-order valence-corrected chi connectivity index (χ4v) is 7.89. The van der Waals surface area contributed by atoms with Crippen LogP contribution in [0.15, 0.2) is 30.4 Å². The number of rotatable bonds is 4. The van der Waals surface area contributed by atoms with E-state index >= 15 is 4.39 Å². The molecule has 3 aliphatic heterocycles. The SMILES string of the molecule is COc1ccc2nc(C(F)(F)F)c3c(c2c1)[C@H](F)C[C@]1(C[C@H]2COCN[C@]4(C(N)=O)C[C@H]4/C=C\CCCCC[C@H](NC(=O)OCC(C)(C)C)COCN2C1)O3. The van der Waals surface area contributed by atoms with Crippen LogP contribution in [0, 0.1) is 11.3 Å². The van der Waals surface area contributed by atoms with Crippen molar-refractivity contribution in [1.82, 2.24) is 20.5 Å². The number of hydrogen-bond acceptors (Lipinski definition) is 10. The van der Waals surface area contributed by atoms with Gasteiger partial charge in [0.1, 0.15) is 23.1 Å². The third kappa shape index (κ3) is 9.63. The van der Waals surface area contributed by atoms with Crippen molar-refractivity contribution in [3.05, 3.63) is 41.6 Å². The average Bonchev–Trinajstić information content (AvgIpc) is 3.73. The van der Waals surface area contributed by atoms with Crippen molar-refractivity contribution in [2.75, 3.05) is 46.9 Å². The molecular weight excluding hydrogens is 726 g/mol.